The largest absolute Gasteiger partial charge is 0.393 e. The Balaban J connectivity index is 1.66. The maximum absolute atomic E-state index is 12.0. The van der Waals surface area contributed by atoms with E-state index in [1.54, 1.807) is 0 Å². The highest BCUT2D eigenvalue weighted by atomic mass is 16.3. The molecule has 2 amide bonds. The summed E-state index contributed by atoms with van der Waals surface area (Å²) in [5.74, 6) is 0. The molecule has 3 rings (SSSR count). The Kier molecular flexibility index (Phi) is 2.99. The predicted octanol–water partition coefficient (Wildman–Crippen LogP) is 1.38. The highest BCUT2D eigenvalue weighted by Crippen LogP contribution is 2.28. The van der Waals surface area contributed by atoms with E-state index >= 15 is 0 Å². The number of hydrogen-bond acceptors (Lipinski definition) is 2. The molecule has 98 valence electrons. The summed E-state index contributed by atoms with van der Waals surface area (Å²) in [4.78, 5) is 17.0. The summed E-state index contributed by atoms with van der Waals surface area (Å²) < 4.78 is 0. The Labute approximate surface area is 106 Å². The van der Waals surface area contributed by atoms with Gasteiger partial charge in [-0.15, -0.1) is 0 Å². The molecular formula is C13H19N3O2. The molecule has 3 N–H and O–H groups in total. The van der Waals surface area contributed by atoms with Gasteiger partial charge in [0.1, 0.15) is 0 Å². The van der Waals surface area contributed by atoms with Crippen LogP contribution >= 0.6 is 0 Å². The van der Waals surface area contributed by atoms with Crippen molar-refractivity contribution in [3.05, 3.63) is 24.0 Å². The zero-order valence-electron chi connectivity index (χ0n) is 10.3. The number of H-pyrrole nitrogens is 1. The van der Waals surface area contributed by atoms with Gasteiger partial charge in [0.25, 0.3) is 0 Å². The molecule has 5 heteroatoms. The lowest BCUT2D eigenvalue weighted by Crippen LogP contribution is -2.41. The maximum Gasteiger partial charge on any atom is 0.318 e. The molecule has 1 aromatic heterocycles. The molecule has 2 aliphatic rings. The molecule has 1 aliphatic carbocycles. The fraction of sp³-hybridized carbons (Fsp3) is 0.615. The van der Waals surface area contributed by atoms with Crippen molar-refractivity contribution >= 4 is 6.03 Å². The van der Waals surface area contributed by atoms with Gasteiger partial charge in [-0.25, -0.2) is 4.79 Å². The molecule has 18 heavy (non-hydrogen) atoms. The maximum atomic E-state index is 12.0. The van der Waals surface area contributed by atoms with E-state index in [2.05, 4.69) is 10.3 Å². The first-order chi connectivity index (χ1) is 8.74. The molecular weight excluding hydrogens is 230 g/mol. The van der Waals surface area contributed by atoms with Crippen LogP contribution < -0.4 is 5.32 Å². The highest BCUT2D eigenvalue weighted by molar-refractivity contribution is 5.77. The Morgan fingerprint density at radius 3 is 2.72 bits per heavy atom. The zero-order chi connectivity index (χ0) is 12.5. The number of nitrogens with one attached hydrogen (secondary N) is 2. The minimum absolute atomic E-state index is 0.0302. The molecule has 0 radical (unpaired) electrons. The van der Waals surface area contributed by atoms with Crippen LogP contribution in [0.3, 0.4) is 0 Å². The standard InChI is InChI=1S/C13H19N3O2/c17-11-3-1-10(2-4-11)16-8-12(15-13(16)18)9-5-6-14-7-9/h5-7,10-12,14,17H,1-4,8H2,(H,15,18). The van der Waals surface area contributed by atoms with Crippen LogP contribution in [0.2, 0.25) is 0 Å². The van der Waals surface area contributed by atoms with Gasteiger partial charge in [-0.05, 0) is 37.3 Å². The van der Waals surface area contributed by atoms with E-state index in [1.165, 1.54) is 0 Å². The topological polar surface area (TPSA) is 68.4 Å². The van der Waals surface area contributed by atoms with Crippen LogP contribution in [0.4, 0.5) is 4.79 Å². The molecule has 1 saturated heterocycles. The number of aliphatic hydroxyl groups excluding tert-OH is 1. The van der Waals surface area contributed by atoms with Crippen LogP contribution in [0, 0.1) is 0 Å². The number of carbonyl (C=O) groups is 1. The van der Waals surface area contributed by atoms with Crippen LogP contribution in [0.25, 0.3) is 0 Å². The molecule has 1 unspecified atom stereocenters. The van der Waals surface area contributed by atoms with Crippen molar-refractivity contribution in [1.29, 1.82) is 0 Å². The number of hydrogen-bond donors (Lipinski definition) is 3. The minimum Gasteiger partial charge on any atom is -0.393 e. The lowest BCUT2D eigenvalue weighted by Gasteiger charge is -2.32. The molecule has 2 fully saturated rings. The van der Waals surface area contributed by atoms with Crippen molar-refractivity contribution in [2.24, 2.45) is 0 Å². The third kappa shape index (κ3) is 2.10. The van der Waals surface area contributed by atoms with E-state index in [9.17, 15) is 9.90 Å². The summed E-state index contributed by atoms with van der Waals surface area (Å²) >= 11 is 0. The van der Waals surface area contributed by atoms with E-state index in [0.29, 0.717) is 0 Å². The number of aromatic nitrogens is 1. The van der Waals surface area contributed by atoms with E-state index in [-0.39, 0.29) is 24.2 Å². The molecule has 0 spiro atoms. The third-order valence-corrected chi connectivity index (χ3v) is 4.07. The summed E-state index contributed by atoms with van der Waals surface area (Å²) in [6.45, 7) is 0.734. The van der Waals surface area contributed by atoms with Crippen molar-refractivity contribution < 1.29 is 9.90 Å². The third-order valence-electron chi connectivity index (χ3n) is 4.07. The van der Waals surface area contributed by atoms with Crippen LogP contribution in [0.1, 0.15) is 37.3 Å². The van der Waals surface area contributed by atoms with Crippen molar-refractivity contribution in [1.82, 2.24) is 15.2 Å². The highest BCUT2D eigenvalue weighted by Gasteiger charge is 2.36. The number of amides is 2. The molecule has 0 aromatic carbocycles. The molecule has 1 aromatic rings. The van der Waals surface area contributed by atoms with Gasteiger partial charge in [0, 0.05) is 25.0 Å². The monoisotopic (exact) mass is 249 g/mol. The van der Waals surface area contributed by atoms with Gasteiger partial charge in [-0.2, -0.15) is 0 Å². The van der Waals surface area contributed by atoms with Gasteiger partial charge in [-0.1, -0.05) is 0 Å². The van der Waals surface area contributed by atoms with E-state index in [1.807, 2.05) is 23.4 Å². The van der Waals surface area contributed by atoms with Crippen molar-refractivity contribution in [3.8, 4) is 0 Å². The molecule has 0 bridgehead atoms. The summed E-state index contributed by atoms with van der Waals surface area (Å²) in [5, 5.41) is 12.5. The first-order valence-electron chi connectivity index (χ1n) is 6.62. The van der Waals surface area contributed by atoms with Crippen LogP contribution in [-0.4, -0.2) is 39.7 Å². The number of aliphatic hydroxyl groups is 1. The Morgan fingerprint density at radius 1 is 1.28 bits per heavy atom. The van der Waals surface area contributed by atoms with Gasteiger partial charge in [-0.3, -0.25) is 0 Å². The first-order valence-corrected chi connectivity index (χ1v) is 6.62. The van der Waals surface area contributed by atoms with Crippen molar-refractivity contribution in [3.63, 3.8) is 0 Å². The predicted molar refractivity (Wildman–Crippen MR) is 67.0 cm³/mol. The Hall–Kier alpha value is -1.49. The number of rotatable bonds is 2. The summed E-state index contributed by atoms with van der Waals surface area (Å²) in [6.07, 6.45) is 7.07. The average Bonchev–Trinajstić information content (AvgIpc) is 2.99. The zero-order valence-corrected chi connectivity index (χ0v) is 10.3. The van der Waals surface area contributed by atoms with E-state index in [0.717, 1.165) is 37.8 Å². The molecule has 1 atom stereocenters. The lowest BCUT2D eigenvalue weighted by molar-refractivity contribution is 0.0907. The second-order valence-corrected chi connectivity index (χ2v) is 5.26. The quantitative estimate of drug-likeness (QED) is 0.741. The van der Waals surface area contributed by atoms with E-state index in [4.69, 9.17) is 0 Å². The average molecular weight is 249 g/mol. The Bertz CT molecular complexity index is 410. The van der Waals surface area contributed by atoms with Gasteiger partial charge in [0.2, 0.25) is 0 Å². The normalized spacial score (nSPS) is 32.6. The van der Waals surface area contributed by atoms with Gasteiger partial charge >= 0.3 is 6.03 Å². The first kappa shape index (κ1) is 11.6. The van der Waals surface area contributed by atoms with Crippen molar-refractivity contribution in [2.75, 3.05) is 6.54 Å². The Morgan fingerprint density at radius 2 is 2.06 bits per heavy atom. The number of nitrogens with zero attached hydrogens (tertiary/aromatic N) is 1. The lowest BCUT2D eigenvalue weighted by atomic mass is 9.92. The fourth-order valence-electron chi connectivity index (χ4n) is 2.98. The minimum atomic E-state index is -0.174. The smallest absolute Gasteiger partial charge is 0.318 e. The fourth-order valence-corrected chi connectivity index (χ4v) is 2.98. The van der Waals surface area contributed by atoms with Crippen LogP contribution in [0.15, 0.2) is 18.5 Å². The van der Waals surface area contributed by atoms with Crippen LogP contribution in [0.5, 0.6) is 0 Å². The number of carbonyl (C=O) groups excluding carboxylic acids is 1. The van der Waals surface area contributed by atoms with Crippen LogP contribution in [-0.2, 0) is 0 Å². The summed E-state index contributed by atoms with van der Waals surface area (Å²) in [6, 6.07) is 2.41. The molecule has 5 nitrogen and oxygen atoms in total. The molecule has 1 saturated carbocycles. The molecule has 2 heterocycles. The number of aromatic amines is 1. The second kappa shape index (κ2) is 4.65. The van der Waals surface area contributed by atoms with Gasteiger partial charge in [0.05, 0.1) is 12.1 Å². The summed E-state index contributed by atoms with van der Waals surface area (Å²) in [7, 11) is 0. The van der Waals surface area contributed by atoms with Crippen molar-refractivity contribution in [2.45, 2.75) is 43.9 Å². The second-order valence-electron chi connectivity index (χ2n) is 5.26. The number of urea groups is 1. The summed E-state index contributed by atoms with van der Waals surface area (Å²) in [5.41, 5.74) is 1.13. The van der Waals surface area contributed by atoms with Gasteiger partial charge < -0.3 is 20.3 Å². The molecule has 1 aliphatic heterocycles. The van der Waals surface area contributed by atoms with Gasteiger partial charge in [0.15, 0.2) is 0 Å². The van der Waals surface area contributed by atoms with E-state index < -0.39 is 0 Å². The SMILES string of the molecule is O=C1NC(c2cc[nH]c2)CN1C1CCC(O)CC1.